The van der Waals surface area contributed by atoms with E-state index < -0.39 is 29.6 Å². The molecule has 1 aliphatic carbocycles. The van der Waals surface area contributed by atoms with Crippen LogP contribution in [-0.2, 0) is 19.1 Å². The summed E-state index contributed by atoms with van der Waals surface area (Å²) in [6.45, 7) is 12.9. The lowest BCUT2D eigenvalue weighted by Gasteiger charge is -2.39. The number of carbonyl (C=O) groups excluding carboxylic acids is 3. The van der Waals surface area contributed by atoms with Gasteiger partial charge >= 0.3 is 0 Å². The summed E-state index contributed by atoms with van der Waals surface area (Å²) in [7, 11) is 0. The molecule has 6 rings (SSSR count). The summed E-state index contributed by atoms with van der Waals surface area (Å²) < 4.78 is 6.58. The van der Waals surface area contributed by atoms with Crippen LogP contribution in [0.1, 0.15) is 70.4 Å². The SMILES string of the molecule is Cc1cc(C)cc(NC(=O)[C@@H]2[C@@H]3C=C[C@]4(O3)[C@@H]2C(=O)N(CCN2CCCC[C@H]2C)[C@H]4C(=O)N[C@@H]2CCC[C@H](C)[C@@H]2C)c1. The second-order valence-corrected chi connectivity index (χ2v) is 13.9. The number of likely N-dealkylation sites (tertiary alicyclic amines) is 2. The van der Waals surface area contributed by atoms with Gasteiger partial charge in [0, 0.05) is 30.9 Å². The second-order valence-electron chi connectivity index (χ2n) is 13.9. The van der Waals surface area contributed by atoms with Crippen LogP contribution < -0.4 is 10.6 Å². The number of piperidine rings is 1. The number of benzene rings is 1. The third kappa shape index (κ3) is 5.08. The van der Waals surface area contributed by atoms with Gasteiger partial charge in [-0.1, -0.05) is 51.3 Å². The Hall–Kier alpha value is -2.71. The fourth-order valence-corrected chi connectivity index (χ4v) is 8.55. The van der Waals surface area contributed by atoms with Crippen molar-refractivity contribution in [2.24, 2.45) is 23.7 Å². The minimum atomic E-state index is -1.13. The maximum absolute atomic E-state index is 14.4. The summed E-state index contributed by atoms with van der Waals surface area (Å²) in [5.74, 6) is -1.03. The molecule has 42 heavy (non-hydrogen) atoms. The maximum atomic E-state index is 14.4. The molecule has 5 aliphatic rings. The molecule has 228 valence electrons. The van der Waals surface area contributed by atoms with Crippen LogP contribution in [0.4, 0.5) is 5.69 Å². The summed E-state index contributed by atoms with van der Waals surface area (Å²) in [6, 6.07) is 5.68. The van der Waals surface area contributed by atoms with Gasteiger partial charge < -0.3 is 20.3 Å². The number of carbonyl (C=O) groups is 3. The Balaban J connectivity index is 1.28. The first-order valence-electron chi connectivity index (χ1n) is 16.2. The average Bonchev–Trinajstić information content (AvgIpc) is 3.57. The maximum Gasteiger partial charge on any atom is 0.246 e. The number of rotatable bonds is 7. The third-order valence-corrected chi connectivity index (χ3v) is 11.0. The molecule has 2 bridgehead atoms. The number of aryl methyl sites for hydroxylation is 2. The summed E-state index contributed by atoms with van der Waals surface area (Å²) in [6.07, 6.45) is 10.0. The van der Waals surface area contributed by atoms with E-state index in [1.807, 2.05) is 38.1 Å². The van der Waals surface area contributed by atoms with Crippen LogP contribution in [0.25, 0.3) is 0 Å². The van der Waals surface area contributed by atoms with Crippen molar-refractivity contribution in [3.05, 3.63) is 41.5 Å². The molecule has 0 aromatic heterocycles. The number of ether oxygens (including phenoxy) is 1. The molecule has 1 saturated carbocycles. The lowest BCUT2D eigenvalue weighted by Crippen LogP contribution is -2.58. The van der Waals surface area contributed by atoms with Crippen molar-refractivity contribution >= 4 is 23.4 Å². The summed E-state index contributed by atoms with van der Waals surface area (Å²) in [4.78, 5) is 46.6. The Morgan fingerprint density at radius 1 is 0.976 bits per heavy atom. The third-order valence-electron chi connectivity index (χ3n) is 11.0. The van der Waals surface area contributed by atoms with Gasteiger partial charge in [0.1, 0.15) is 11.6 Å². The Labute approximate surface area is 250 Å². The molecule has 3 saturated heterocycles. The quantitative estimate of drug-likeness (QED) is 0.475. The predicted octanol–water partition coefficient (Wildman–Crippen LogP) is 4.21. The molecule has 0 radical (unpaired) electrons. The first kappa shape index (κ1) is 29.4. The van der Waals surface area contributed by atoms with Crippen LogP contribution >= 0.6 is 0 Å². The summed E-state index contributed by atoms with van der Waals surface area (Å²) in [5.41, 5.74) is 1.70. The molecule has 8 heteroatoms. The minimum Gasteiger partial charge on any atom is -0.359 e. The highest BCUT2D eigenvalue weighted by Gasteiger charge is 2.72. The Kier molecular flexibility index (Phi) is 7.98. The van der Waals surface area contributed by atoms with E-state index in [1.54, 1.807) is 4.90 Å². The van der Waals surface area contributed by atoms with E-state index in [1.165, 1.54) is 12.8 Å². The van der Waals surface area contributed by atoms with Gasteiger partial charge in [-0.3, -0.25) is 19.3 Å². The van der Waals surface area contributed by atoms with Crippen molar-refractivity contribution in [2.75, 3.05) is 25.0 Å². The largest absolute Gasteiger partial charge is 0.359 e. The molecule has 2 N–H and O–H groups in total. The van der Waals surface area contributed by atoms with Gasteiger partial charge in [-0.05, 0) is 81.7 Å². The zero-order valence-corrected chi connectivity index (χ0v) is 25.9. The summed E-state index contributed by atoms with van der Waals surface area (Å²) in [5, 5.41) is 6.44. The normalized spacial score (nSPS) is 37.6. The second kappa shape index (κ2) is 11.4. The lowest BCUT2D eigenvalue weighted by molar-refractivity contribution is -0.142. The topological polar surface area (TPSA) is 91.0 Å². The van der Waals surface area contributed by atoms with Crippen molar-refractivity contribution in [2.45, 2.75) is 103 Å². The van der Waals surface area contributed by atoms with Crippen LogP contribution in [0.5, 0.6) is 0 Å². The molecule has 4 aliphatic heterocycles. The number of amides is 3. The molecule has 4 heterocycles. The fraction of sp³-hybridized carbons (Fsp3) is 0.676. The Morgan fingerprint density at radius 2 is 1.74 bits per heavy atom. The van der Waals surface area contributed by atoms with E-state index >= 15 is 0 Å². The molecule has 1 aromatic carbocycles. The standard InChI is InChI=1S/C34H48N4O4/c1-20-17-21(2)19-25(18-20)35-31(39)28-27-12-13-34(42-27)29(28)33(41)38(16-15-37-14-7-6-10-23(37)4)30(34)32(40)36-26-11-8-9-22(3)24(26)5/h12-13,17-19,22-24,26-30H,6-11,14-16H2,1-5H3,(H,35,39)(H,36,40)/t22-,23+,24-,26+,27-,28+,29-,30-,34-/m0/s1. The van der Waals surface area contributed by atoms with Crippen LogP contribution in [-0.4, -0.2) is 77.0 Å². The highest BCUT2D eigenvalue weighted by atomic mass is 16.5. The Morgan fingerprint density at radius 3 is 2.48 bits per heavy atom. The van der Waals surface area contributed by atoms with Crippen LogP contribution in [0, 0.1) is 37.5 Å². The van der Waals surface area contributed by atoms with Gasteiger partial charge in [-0.15, -0.1) is 0 Å². The van der Waals surface area contributed by atoms with E-state index in [0.29, 0.717) is 31.0 Å². The van der Waals surface area contributed by atoms with Gasteiger partial charge in [0.05, 0.1) is 17.9 Å². The van der Waals surface area contributed by atoms with E-state index in [0.717, 1.165) is 49.0 Å². The number of nitrogens with one attached hydrogen (secondary N) is 2. The van der Waals surface area contributed by atoms with Gasteiger partial charge in [-0.2, -0.15) is 0 Å². The molecule has 8 nitrogen and oxygen atoms in total. The molecular formula is C34H48N4O4. The van der Waals surface area contributed by atoms with Crippen molar-refractivity contribution in [3.8, 4) is 0 Å². The van der Waals surface area contributed by atoms with E-state index in [-0.39, 0.29) is 23.8 Å². The number of fused-ring (bicyclic) bond motifs is 1. The predicted molar refractivity (Wildman–Crippen MR) is 163 cm³/mol. The van der Waals surface area contributed by atoms with Gasteiger partial charge in [-0.25, -0.2) is 0 Å². The van der Waals surface area contributed by atoms with Crippen LogP contribution in [0.3, 0.4) is 0 Å². The molecule has 1 spiro atoms. The zero-order chi connectivity index (χ0) is 29.8. The minimum absolute atomic E-state index is 0.0713. The highest BCUT2D eigenvalue weighted by molar-refractivity contribution is 6.02. The number of hydrogen-bond acceptors (Lipinski definition) is 5. The molecule has 4 fully saturated rings. The fourth-order valence-electron chi connectivity index (χ4n) is 8.55. The van der Waals surface area contributed by atoms with Gasteiger partial charge in [0.2, 0.25) is 17.7 Å². The zero-order valence-electron chi connectivity index (χ0n) is 25.9. The Bertz CT molecular complexity index is 1240. The molecular weight excluding hydrogens is 528 g/mol. The van der Waals surface area contributed by atoms with Crippen molar-refractivity contribution in [3.63, 3.8) is 0 Å². The molecule has 0 unspecified atom stereocenters. The molecule has 3 amide bonds. The van der Waals surface area contributed by atoms with E-state index in [9.17, 15) is 14.4 Å². The van der Waals surface area contributed by atoms with Crippen LogP contribution in [0.2, 0.25) is 0 Å². The number of hydrogen-bond donors (Lipinski definition) is 2. The molecule has 1 aromatic rings. The average molecular weight is 577 g/mol. The van der Waals surface area contributed by atoms with Crippen molar-refractivity contribution < 1.29 is 19.1 Å². The monoisotopic (exact) mass is 576 g/mol. The van der Waals surface area contributed by atoms with Gasteiger partial charge in [0.15, 0.2) is 0 Å². The highest BCUT2D eigenvalue weighted by Crippen LogP contribution is 2.55. The van der Waals surface area contributed by atoms with Crippen molar-refractivity contribution in [1.82, 2.24) is 15.1 Å². The van der Waals surface area contributed by atoms with E-state index in [4.69, 9.17) is 4.74 Å². The first-order valence-corrected chi connectivity index (χ1v) is 16.2. The van der Waals surface area contributed by atoms with Crippen LogP contribution in [0.15, 0.2) is 30.4 Å². The smallest absolute Gasteiger partial charge is 0.246 e. The number of anilines is 1. The van der Waals surface area contributed by atoms with Crippen molar-refractivity contribution in [1.29, 1.82) is 0 Å². The lowest BCUT2D eigenvalue weighted by atomic mass is 9.73. The number of nitrogens with zero attached hydrogens (tertiary/aromatic N) is 2. The van der Waals surface area contributed by atoms with E-state index in [2.05, 4.69) is 42.4 Å². The molecule has 9 atom stereocenters. The van der Waals surface area contributed by atoms with Gasteiger partial charge in [0.25, 0.3) is 0 Å². The first-order chi connectivity index (χ1) is 20.1. The summed E-state index contributed by atoms with van der Waals surface area (Å²) >= 11 is 0.